The van der Waals surface area contributed by atoms with Crippen molar-refractivity contribution in [2.24, 2.45) is 11.8 Å². The van der Waals surface area contributed by atoms with Crippen LogP contribution in [0.15, 0.2) is 48.0 Å². The first kappa shape index (κ1) is 21.4. The van der Waals surface area contributed by atoms with Crippen LogP contribution in [0.3, 0.4) is 0 Å². The number of piperidine rings is 1. The minimum absolute atomic E-state index is 0.00511. The lowest BCUT2D eigenvalue weighted by Gasteiger charge is -2.27. The van der Waals surface area contributed by atoms with Crippen LogP contribution in [0.1, 0.15) is 37.8 Å². The van der Waals surface area contributed by atoms with Crippen LogP contribution in [-0.4, -0.2) is 45.8 Å². The van der Waals surface area contributed by atoms with E-state index in [-0.39, 0.29) is 17.9 Å². The highest BCUT2D eigenvalue weighted by molar-refractivity contribution is 7.17. The molecular weight excluding hydrogens is 464 g/mol. The van der Waals surface area contributed by atoms with Gasteiger partial charge in [-0.2, -0.15) is 0 Å². The summed E-state index contributed by atoms with van der Waals surface area (Å²) in [7, 11) is 0. The van der Waals surface area contributed by atoms with E-state index in [4.69, 9.17) is 0 Å². The number of carbonyl (C=O) groups is 2. The lowest BCUT2D eigenvalue weighted by atomic mass is 10.1. The Bertz CT molecular complexity index is 1430. The number of hydrogen-bond acceptors (Lipinski definition) is 6. The molecule has 1 saturated heterocycles. The zero-order chi connectivity index (χ0) is 23.4. The second-order valence-electron chi connectivity index (χ2n) is 9.18. The molecule has 3 atom stereocenters. The summed E-state index contributed by atoms with van der Waals surface area (Å²) in [5.74, 6) is 0.830. The van der Waals surface area contributed by atoms with Crippen molar-refractivity contribution in [3.05, 3.63) is 69.8 Å². The number of carbonyl (C=O) groups excluding carboxylic acids is 2. The number of likely N-dealkylation sites (tertiary alicyclic amines) is 1. The van der Waals surface area contributed by atoms with Gasteiger partial charge in [0.15, 0.2) is 0 Å². The van der Waals surface area contributed by atoms with Gasteiger partial charge in [-0.15, -0.1) is 22.7 Å². The first-order valence-electron chi connectivity index (χ1n) is 11.5. The van der Waals surface area contributed by atoms with Gasteiger partial charge >= 0.3 is 0 Å². The molecule has 2 amide bonds. The van der Waals surface area contributed by atoms with Crippen LogP contribution >= 0.6 is 22.7 Å². The summed E-state index contributed by atoms with van der Waals surface area (Å²) in [6, 6.07) is 13.8. The molecule has 8 heteroatoms. The third kappa shape index (κ3) is 3.71. The first-order chi connectivity index (χ1) is 16.5. The van der Waals surface area contributed by atoms with Crippen molar-refractivity contribution in [1.29, 1.82) is 0 Å². The van der Waals surface area contributed by atoms with Crippen molar-refractivity contribution < 1.29 is 9.59 Å². The standard InChI is InChI=1S/C26H24N4O2S2/c1-14-5-3-6-16(9-14)23-22(29-15(2)34-23)26(32)30-12-17-10-19(17)21(30)11-27-25(31)18-7-4-8-20-24(18)33-13-28-20/h3-9,13,17,19,21H,10-12H2,1-2H3,(H,27,31)/t17-,19-,21+/m0/s1. The second-order valence-corrected chi connectivity index (χ2v) is 11.2. The quantitative estimate of drug-likeness (QED) is 0.432. The summed E-state index contributed by atoms with van der Waals surface area (Å²) < 4.78 is 0.893. The zero-order valence-corrected chi connectivity index (χ0v) is 20.6. The Balaban J connectivity index is 1.23. The van der Waals surface area contributed by atoms with Crippen LogP contribution in [0, 0.1) is 25.7 Å². The van der Waals surface area contributed by atoms with Crippen molar-refractivity contribution >= 4 is 44.7 Å². The molecule has 1 aliphatic carbocycles. The van der Waals surface area contributed by atoms with E-state index in [1.54, 1.807) is 16.8 Å². The van der Waals surface area contributed by atoms with Crippen LogP contribution in [0.5, 0.6) is 0 Å². The Morgan fingerprint density at radius 2 is 2.03 bits per heavy atom. The van der Waals surface area contributed by atoms with Gasteiger partial charge in [0.25, 0.3) is 11.8 Å². The molecule has 6 rings (SSSR count). The Kier molecular flexibility index (Phi) is 5.22. The van der Waals surface area contributed by atoms with Crippen LogP contribution < -0.4 is 5.32 Å². The molecule has 1 saturated carbocycles. The molecule has 1 N–H and O–H groups in total. The van der Waals surface area contributed by atoms with Crippen LogP contribution in [0.2, 0.25) is 0 Å². The predicted octanol–water partition coefficient (Wildman–Crippen LogP) is 4.93. The summed E-state index contributed by atoms with van der Waals surface area (Å²) in [6.45, 7) is 5.18. The van der Waals surface area contributed by atoms with Gasteiger partial charge in [0.2, 0.25) is 0 Å². The number of aromatic nitrogens is 2. The largest absolute Gasteiger partial charge is 0.350 e. The molecule has 1 aliphatic heterocycles. The number of nitrogens with one attached hydrogen (secondary N) is 1. The van der Waals surface area contributed by atoms with E-state index < -0.39 is 0 Å². The van der Waals surface area contributed by atoms with Gasteiger partial charge < -0.3 is 10.2 Å². The topological polar surface area (TPSA) is 75.2 Å². The fraction of sp³-hybridized carbons (Fsp3) is 0.308. The van der Waals surface area contributed by atoms with Gasteiger partial charge in [-0.3, -0.25) is 9.59 Å². The normalized spacial score (nSPS) is 21.0. The highest BCUT2D eigenvalue weighted by Gasteiger charge is 2.54. The number of nitrogens with zero attached hydrogens (tertiary/aromatic N) is 3. The van der Waals surface area contributed by atoms with E-state index in [0.717, 1.165) is 44.2 Å². The molecule has 172 valence electrons. The van der Waals surface area contributed by atoms with Gasteiger partial charge in [-0.1, -0.05) is 35.9 Å². The van der Waals surface area contributed by atoms with E-state index in [9.17, 15) is 9.59 Å². The average molecular weight is 489 g/mol. The van der Waals surface area contributed by atoms with Gasteiger partial charge in [-0.05, 0) is 49.8 Å². The van der Waals surface area contributed by atoms with Gasteiger partial charge in [0.05, 0.1) is 37.2 Å². The summed E-state index contributed by atoms with van der Waals surface area (Å²) in [5, 5.41) is 3.98. The number of fused-ring (bicyclic) bond motifs is 2. The SMILES string of the molecule is Cc1cccc(-c2sc(C)nc2C(=O)N2C[C@@H]3C[C@@H]3[C@H]2CNC(=O)c2cccc3ncsc23)c1. The van der Waals surface area contributed by atoms with E-state index in [0.29, 0.717) is 29.6 Å². The minimum atomic E-state index is -0.115. The third-order valence-corrected chi connectivity index (χ3v) is 8.75. The molecule has 34 heavy (non-hydrogen) atoms. The molecule has 6 nitrogen and oxygen atoms in total. The predicted molar refractivity (Wildman–Crippen MR) is 135 cm³/mol. The number of hydrogen-bond donors (Lipinski definition) is 1. The first-order valence-corrected chi connectivity index (χ1v) is 13.1. The van der Waals surface area contributed by atoms with Gasteiger partial charge in [-0.25, -0.2) is 9.97 Å². The van der Waals surface area contributed by atoms with Crippen molar-refractivity contribution in [2.45, 2.75) is 26.3 Å². The van der Waals surface area contributed by atoms with Crippen molar-refractivity contribution in [3.8, 4) is 10.4 Å². The fourth-order valence-corrected chi connectivity index (χ4v) is 6.82. The molecule has 0 radical (unpaired) electrons. The van der Waals surface area contributed by atoms with Crippen molar-refractivity contribution in [3.63, 3.8) is 0 Å². The molecular formula is C26H24N4O2S2. The number of amides is 2. The smallest absolute Gasteiger partial charge is 0.274 e. The molecule has 4 aromatic rings. The molecule has 2 aromatic heterocycles. The zero-order valence-electron chi connectivity index (χ0n) is 18.9. The summed E-state index contributed by atoms with van der Waals surface area (Å²) in [6.07, 6.45) is 1.12. The van der Waals surface area contributed by atoms with E-state index in [1.807, 2.05) is 42.2 Å². The fourth-order valence-electron chi connectivity index (χ4n) is 5.11. The maximum Gasteiger partial charge on any atom is 0.274 e. The maximum atomic E-state index is 13.7. The molecule has 0 bridgehead atoms. The van der Waals surface area contributed by atoms with Crippen LogP contribution in [0.25, 0.3) is 20.7 Å². The summed E-state index contributed by atoms with van der Waals surface area (Å²) in [5.41, 5.74) is 5.94. The second kappa shape index (κ2) is 8.29. The van der Waals surface area contributed by atoms with Crippen LogP contribution in [0.4, 0.5) is 0 Å². The lowest BCUT2D eigenvalue weighted by molar-refractivity contribution is 0.0690. The monoisotopic (exact) mass is 488 g/mol. The van der Waals surface area contributed by atoms with Crippen molar-refractivity contribution in [1.82, 2.24) is 20.2 Å². The van der Waals surface area contributed by atoms with Gasteiger partial charge in [0.1, 0.15) is 5.69 Å². The summed E-state index contributed by atoms with van der Waals surface area (Å²) in [4.78, 5) is 38.5. The molecule has 0 spiro atoms. The highest BCUT2D eigenvalue weighted by Crippen LogP contribution is 2.50. The number of aryl methyl sites for hydroxylation is 2. The van der Waals surface area contributed by atoms with E-state index >= 15 is 0 Å². The Labute approximate surface area is 205 Å². The maximum absolute atomic E-state index is 13.7. The van der Waals surface area contributed by atoms with Crippen LogP contribution in [-0.2, 0) is 0 Å². The van der Waals surface area contributed by atoms with E-state index in [2.05, 4.69) is 34.3 Å². The third-order valence-electron chi connectivity index (χ3n) is 6.85. The highest BCUT2D eigenvalue weighted by atomic mass is 32.1. The molecule has 0 unspecified atom stereocenters. The number of rotatable bonds is 5. The Morgan fingerprint density at radius 1 is 1.18 bits per heavy atom. The molecule has 2 aromatic carbocycles. The van der Waals surface area contributed by atoms with E-state index in [1.165, 1.54) is 11.3 Å². The average Bonchev–Trinajstić information content (AvgIpc) is 3.16. The Hall–Kier alpha value is -3.10. The van der Waals surface area contributed by atoms with Gasteiger partial charge in [0, 0.05) is 13.1 Å². The lowest BCUT2D eigenvalue weighted by Crippen LogP contribution is -2.45. The molecule has 2 fully saturated rings. The molecule has 3 heterocycles. The summed E-state index contributed by atoms with van der Waals surface area (Å²) >= 11 is 3.03. The molecule has 2 aliphatic rings. The number of benzene rings is 2. The van der Waals surface area contributed by atoms with Crippen molar-refractivity contribution in [2.75, 3.05) is 13.1 Å². The minimum Gasteiger partial charge on any atom is -0.350 e. The number of thiazole rings is 2. The Morgan fingerprint density at radius 3 is 2.88 bits per heavy atom.